The quantitative estimate of drug-likeness (QED) is 0.733. The van der Waals surface area contributed by atoms with Gasteiger partial charge in [-0.1, -0.05) is 30.9 Å². The van der Waals surface area contributed by atoms with Crippen LogP contribution in [0, 0.1) is 5.92 Å². The second kappa shape index (κ2) is 8.68. The molecule has 1 aliphatic rings. The molecule has 0 aliphatic heterocycles. The molecule has 6 nitrogen and oxygen atoms in total. The molecule has 3 N–H and O–H groups in total. The summed E-state index contributed by atoms with van der Waals surface area (Å²) in [5, 5.41) is 14.1. The number of carboxylic acid groups (broad SMARTS) is 1. The topological polar surface area (TPSA) is 95.5 Å². The predicted molar refractivity (Wildman–Crippen MR) is 91.2 cm³/mol. The van der Waals surface area contributed by atoms with Crippen LogP contribution in [0.25, 0.3) is 0 Å². The first-order valence-electron chi connectivity index (χ1n) is 8.05. The second-order valence-corrected chi connectivity index (χ2v) is 6.44. The van der Waals surface area contributed by atoms with E-state index in [1.54, 1.807) is 0 Å². The van der Waals surface area contributed by atoms with Crippen LogP contribution in [0.1, 0.15) is 48.9 Å². The summed E-state index contributed by atoms with van der Waals surface area (Å²) in [6.45, 7) is -0.121. The van der Waals surface area contributed by atoms with Gasteiger partial charge in [0.25, 0.3) is 0 Å². The highest BCUT2D eigenvalue weighted by Crippen LogP contribution is 2.26. The Morgan fingerprint density at radius 3 is 2.46 bits per heavy atom. The van der Waals surface area contributed by atoms with Gasteiger partial charge < -0.3 is 15.7 Å². The lowest BCUT2D eigenvalue weighted by molar-refractivity contribution is -0.125. The van der Waals surface area contributed by atoms with Gasteiger partial charge in [-0.05, 0) is 37.0 Å². The Morgan fingerprint density at radius 1 is 1.12 bits per heavy atom. The number of aromatic carboxylic acids is 1. The fourth-order valence-electron chi connectivity index (χ4n) is 2.88. The lowest BCUT2D eigenvalue weighted by atomic mass is 9.87. The molecule has 24 heavy (non-hydrogen) atoms. The molecule has 1 aromatic carbocycles. The first kappa shape index (κ1) is 18.3. The van der Waals surface area contributed by atoms with E-state index in [9.17, 15) is 14.4 Å². The lowest BCUT2D eigenvalue weighted by Crippen LogP contribution is -2.34. The Balaban J connectivity index is 1.77. The summed E-state index contributed by atoms with van der Waals surface area (Å²) in [7, 11) is 0. The van der Waals surface area contributed by atoms with E-state index in [0.29, 0.717) is 18.0 Å². The maximum atomic E-state index is 11.9. The molecule has 1 aliphatic carbocycles. The monoisotopic (exact) mass is 352 g/mol. The van der Waals surface area contributed by atoms with Gasteiger partial charge in [0, 0.05) is 12.1 Å². The summed E-state index contributed by atoms with van der Waals surface area (Å²) in [5.41, 5.74) is 0.354. The van der Waals surface area contributed by atoms with Crippen molar-refractivity contribution in [3.05, 3.63) is 28.8 Å². The summed E-state index contributed by atoms with van der Waals surface area (Å²) in [6, 6.07) is 4.14. The van der Waals surface area contributed by atoms with E-state index in [0.717, 1.165) is 12.8 Å². The van der Waals surface area contributed by atoms with E-state index in [1.807, 2.05) is 0 Å². The number of hydrogen-bond acceptors (Lipinski definition) is 3. The van der Waals surface area contributed by atoms with Gasteiger partial charge >= 0.3 is 5.97 Å². The number of carbonyl (C=O) groups excluding carboxylic acids is 2. The zero-order valence-electron chi connectivity index (χ0n) is 13.3. The number of anilines is 1. The number of halogens is 1. The van der Waals surface area contributed by atoms with Crippen molar-refractivity contribution in [2.24, 2.45) is 5.92 Å². The van der Waals surface area contributed by atoms with Crippen molar-refractivity contribution in [1.82, 2.24) is 5.32 Å². The molecule has 2 amide bonds. The maximum absolute atomic E-state index is 11.9. The number of nitrogens with one attached hydrogen (secondary N) is 2. The third-order valence-electron chi connectivity index (χ3n) is 4.13. The highest BCUT2D eigenvalue weighted by atomic mass is 35.5. The Bertz CT molecular complexity index is 627. The van der Waals surface area contributed by atoms with Crippen LogP contribution in [0.3, 0.4) is 0 Å². The minimum absolute atomic E-state index is 0.0320. The maximum Gasteiger partial charge on any atom is 0.337 e. The van der Waals surface area contributed by atoms with E-state index >= 15 is 0 Å². The zero-order valence-corrected chi connectivity index (χ0v) is 14.1. The van der Waals surface area contributed by atoms with Gasteiger partial charge in [-0.3, -0.25) is 9.59 Å². The molecule has 1 fully saturated rings. The van der Waals surface area contributed by atoms with Crippen molar-refractivity contribution in [2.75, 3.05) is 11.9 Å². The minimum atomic E-state index is -1.13. The van der Waals surface area contributed by atoms with E-state index in [4.69, 9.17) is 16.7 Å². The Kier molecular flexibility index (Phi) is 6.61. The fraction of sp³-hybridized carbons (Fsp3) is 0.471. The third-order valence-corrected chi connectivity index (χ3v) is 4.44. The van der Waals surface area contributed by atoms with Gasteiger partial charge in [-0.15, -0.1) is 0 Å². The summed E-state index contributed by atoms with van der Waals surface area (Å²) in [6.07, 6.45) is 6.20. The van der Waals surface area contributed by atoms with Crippen LogP contribution in [0.15, 0.2) is 18.2 Å². The van der Waals surface area contributed by atoms with Crippen LogP contribution >= 0.6 is 11.6 Å². The van der Waals surface area contributed by atoms with Crippen molar-refractivity contribution in [2.45, 2.75) is 38.5 Å². The van der Waals surface area contributed by atoms with Crippen molar-refractivity contribution < 1.29 is 19.5 Å². The molecule has 2 rings (SSSR count). The Hall–Kier alpha value is -2.08. The van der Waals surface area contributed by atoms with Crippen LogP contribution in [-0.4, -0.2) is 29.4 Å². The Morgan fingerprint density at radius 2 is 1.83 bits per heavy atom. The van der Waals surface area contributed by atoms with Crippen molar-refractivity contribution in [3.8, 4) is 0 Å². The lowest BCUT2D eigenvalue weighted by Gasteiger charge is -2.20. The number of amides is 2. The number of rotatable bonds is 6. The molecule has 0 saturated heterocycles. The normalized spacial score (nSPS) is 14.9. The molecule has 130 valence electrons. The van der Waals surface area contributed by atoms with Crippen LogP contribution in [-0.2, 0) is 9.59 Å². The smallest absolute Gasteiger partial charge is 0.337 e. The number of benzene rings is 1. The van der Waals surface area contributed by atoms with Crippen molar-refractivity contribution >= 4 is 35.1 Å². The van der Waals surface area contributed by atoms with Gasteiger partial charge in [-0.25, -0.2) is 4.79 Å². The van der Waals surface area contributed by atoms with Crippen LogP contribution in [0.4, 0.5) is 5.69 Å². The van der Waals surface area contributed by atoms with Crippen LogP contribution < -0.4 is 10.6 Å². The van der Waals surface area contributed by atoms with E-state index in [1.165, 1.54) is 37.5 Å². The van der Waals surface area contributed by atoms with E-state index in [-0.39, 0.29) is 28.9 Å². The highest BCUT2D eigenvalue weighted by Gasteiger charge is 2.17. The Labute approximate surface area is 145 Å². The van der Waals surface area contributed by atoms with Crippen molar-refractivity contribution in [3.63, 3.8) is 0 Å². The van der Waals surface area contributed by atoms with E-state index < -0.39 is 5.97 Å². The van der Waals surface area contributed by atoms with Gasteiger partial charge in [0.2, 0.25) is 11.8 Å². The first-order valence-corrected chi connectivity index (χ1v) is 8.43. The summed E-state index contributed by atoms with van der Waals surface area (Å²) < 4.78 is 0. The third kappa shape index (κ3) is 5.53. The standard InChI is InChI=1S/C17H21ClN2O4/c18-14-9-12(6-7-13(14)17(23)24)20-16(22)10-19-15(21)8-11-4-2-1-3-5-11/h6-7,9,11H,1-5,8,10H2,(H,19,21)(H,20,22)(H,23,24). The number of hydrogen-bond donors (Lipinski definition) is 3. The zero-order chi connectivity index (χ0) is 17.5. The molecule has 0 heterocycles. The molecule has 0 spiro atoms. The average Bonchev–Trinajstić information content (AvgIpc) is 2.53. The van der Waals surface area contributed by atoms with Crippen molar-refractivity contribution in [1.29, 1.82) is 0 Å². The molecule has 0 aromatic heterocycles. The molecule has 0 radical (unpaired) electrons. The van der Waals surface area contributed by atoms with Gasteiger partial charge in [0.1, 0.15) is 0 Å². The number of carboxylic acids is 1. The number of carbonyl (C=O) groups is 3. The molecule has 0 bridgehead atoms. The van der Waals surface area contributed by atoms with E-state index in [2.05, 4.69) is 10.6 Å². The SMILES string of the molecule is O=C(CC1CCCCC1)NCC(=O)Nc1ccc(C(=O)O)c(Cl)c1. The average molecular weight is 353 g/mol. The predicted octanol–water partition coefficient (Wildman–Crippen LogP) is 3.06. The highest BCUT2D eigenvalue weighted by molar-refractivity contribution is 6.33. The molecule has 1 saturated carbocycles. The van der Waals surface area contributed by atoms with Gasteiger partial charge in [0.15, 0.2) is 0 Å². The minimum Gasteiger partial charge on any atom is -0.478 e. The second-order valence-electron chi connectivity index (χ2n) is 6.03. The van der Waals surface area contributed by atoms with Crippen LogP contribution in [0.2, 0.25) is 5.02 Å². The molecule has 1 aromatic rings. The molecule has 0 unspecified atom stereocenters. The fourth-order valence-corrected chi connectivity index (χ4v) is 3.14. The largest absolute Gasteiger partial charge is 0.478 e. The summed E-state index contributed by atoms with van der Waals surface area (Å²) in [4.78, 5) is 34.6. The van der Waals surface area contributed by atoms with Gasteiger partial charge in [0.05, 0.1) is 17.1 Å². The summed E-state index contributed by atoms with van der Waals surface area (Å²) in [5.74, 6) is -1.21. The first-order chi connectivity index (χ1) is 11.5. The molecular formula is C17H21ClN2O4. The van der Waals surface area contributed by atoms with Gasteiger partial charge in [-0.2, -0.15) is 0 Å². The molecular weight excluding hydrogens is 332 g/mol. The van der Waals surface area contributed by atoms with Crippen LogP contribution in [0.5, 0.6) is 0 Å². The summed E-state index contributed by atoms with van der Waals surface area (Å²) >= 11 is 5.84. The molecule has 7 heteroatoms. The molecule has 0 atom stereocenters.